The second kappa shape index (κ2) is 8.89. The summed E-state index contributed by atoms with van der Waals surface area (Å²) in [7, 11) is 3.16. The molecule has 0 spiro atoms. The molecule has 0 fully saturated rings. The van der Waals surface area contributed by atoms with E-state index in [2.05, 4.69) is 5.32 Å². The highest BCUT2D eigenvalue weighted by atomic mass is 35.5. The Kier molecular flexibility index (Phi) is 7.51. The maximum Gasteiger partial charge on any atom is 0.174 e. The van der Waals surface area contributed by atoms with E-state index in [1.165, 1.54) is 0 Å². The molecule has 1 aromatic carbocycles. The molecule has 114 valence electrons. The molecule has 0 radical (unpaired) electrons. The van der Waals surface area contributed by atoms with Gasteiger partial charge in [-0.1, -0.05) is 11.6 Å². The van der Waals surface area contributed by atoms with Gasteiger partial charge in [-0.3, -0.25) is 0 Å². The lowest BCUT2D eigenvalue weighted by atomic mass is 10.2. The number of nitrogens with one attached hydrogen (secondary N) is 1. The van der Waals surface area contributed by atoms with E-state index >= 15 is 0 Å². The lowest BCUT2D eigenvalue weighted by Crippen LogP contribution is -2.26. The van der Waals surface area contributed by atoms with Crippen LogP contribution >= 0.6 is 11.6 Å². The lowest BCUT2D eigenvalue weighted by Gasteiger charge is -2.19. The van der Waals surface area contributed by atoms with E-state index in [1.54, 1.807) is 26.4 Å². The average molecular weight is 304 g/mol. The molecule has 0 unspecified atom stereocenters. The predicted octanol–water partition coefficient (Wildman–Crippen LogP) is 3.17. The number of hydrogen-bond donors (Lipinski definition) is 1. The Morgan fingerprint density at radius 2 is 1.65 bits per heavy atom. The van der Waals surface area contributed by atoms with Crippen LogP contribution in [0.25, 0.3) is 0 Å². The van der Waals surface area contributed by atoms with Gasteiger partial charge in [-0.15, -0.1) is 0 Å². The highest BCUT2D eigenvalue weighted by Gasteiger charge is 2.12. The fraction of sp³-hybridized carbons (Fsp3) is 0.571. The Labute approximate surface area is 125 Å². The summed E-state index contributed by atoms with van der Waals surface area (Å²) in [5, 5.41) is 3.72. The molecule has 0 atom stereocenters. The van der Waals surface area contributed by atoms with E-state index in [4.69, 9.17) is 30.5 Å². The summed E-state index contributed by atoms with van der Waals surface area (Å²) >= 11 is 6.06. The maximum absolute atomic E-state index is 6.06. The third-order valence-corrected chi connectivity index (χ3v) is 2.93. The van der Waals surface area contributed by atoms with E-state index in [-0.39, 0.29) is 6.29 Å². The first-order valence-electron chi connectivity index (χ1n) is 6.54. The van der Waals surface area contributed by atoms with Crippen LogP contribution < -0.4 is 14.8 Å². The van der Waals surface area contributed by atoms with Gasteiger partial charge in [0.15, 0.2) is 6.29 Å². The molecule has 0 heterocycles. The summed E-state index contributed by atoms with van der Waals surface area (Å²) < 4.78 is 21.4. The second-order valence-electron chi connectivity index (χ2n) is 3.91. The minimum Gasteiger partial charge on any atom is -0.495 e. The average Bonchev–Trinajstić information content (AvgIpc) is 2.45. The van der Waals surface area contributed by atoms with Crippen LogP contribution in [0.15, 0.2) is 12.1 Å². The molecule has 1 rings (SSSR count). The molecule has 0 amide bonds. The van der Waals surface area contributed by atoms with Gasteiger partial charge in [0.1, 0.15) is 11.5 Å². The van der Waals surface area contributed by atoms with Gasteiger partial charge in [-0.25, -0.2) is 0 Å². The quantitative estimate of drug-likeness (QED) is 0.710. The van der Waals surface area contributed by atoms with Gasteiger partial charge in [-0.2, -0.15) is 0 Å². The normalized spacial score (nSPS) is 10.7. The summed E-state index contributed by atoms with van der Waals surface area (Å²) in [6, 6.07) is 3.50. The largest absolute Gasteiger partial charge is 0.495 e. The van der Waals surface area contributed by atoms with Crippen molar-refractivity contribution in [2.45, 2.75) is 20.1 Å². The SMILES string of the molecule is CCOC(CNc1cc(OC)c(Cl)cc1OC)OCC. The molecule has 0 aliphatic rings. The van der Waals surface area contributed by atoms with Crippen LogP contribution in [-0.4, -0.2) is 40.3 Å². The Morgan fingerprint density at radius 3 is 2.15 bits per heavy atom. The molecule has 0 bridgehead atoms. The number of ether oxygens (including phenoxy) is 4. The third-order valence-electron chi connectivity index (χ3n) is 2.64. The van der Waals surface area contributed by atoms with E-state index < -0.39 is 0 Å². The molecule has 0 aliphatic heterocycles. The first-order valence-corrected chi connectivity index (χ1v) is 6.92. The highest BCUT2D eigenvalue weighted by molar-refractivity contribution is 6.32. The van der Waals surface area contributed by atoms with Gasteiger partial charge in [0.25, 0.3) is 0 Å². The van der Waals surface area contributed by atoms with E-state index in [0.29, 0.717) is 36.3 Å². The first-order chi connectivity index (χ1) is 9.65. The van der Waals surface area contributed by atoms with Crippen LogP contribution in [0.3, 0.4) is 0 Å². The van der Waals surface area contributed by atoms with Crippen molar-refractivity contribution in [2.24, 2.45) is 0 Å². The van der Waals surface area contributed by atoms with Crippen molar-refractivity contribution in [3.05, 3.63) is 17.2 Å². The fourth-order valence-electron chi connectivity index (χ4n) is 1.73. The zero-order valence-corrected chi connectivity index (χ0v) is 13.1. The van der Waals surface area contributed by atoms with Crippen molar-refractivity contribution >= 4 is 17.3 Å². The molecule has 1 aromatic rings. The van der Waals surface area contributed by atoms with Crippen LogP contribution in [0.1, 0.15) is 13.8 Å². The zero-order chi connectivity index (χ0) is 15.0. The summed E-state index contributed by atoms with van der Waals surface area (Å²) in [6.07, 6.45) is -0.309. The molecule has 0 saturated carbocycles. The van der Waals surface area contributed by atoms with E-state index in [0.717, 1.165) is 5.69 Å². The van der Waals surface area contributed by atoms with Gasteiger partial charge in [-0.05, 0) is 13.8 Å². The molecule has 6 heteroatoms. The third kappa shape index (κ3) is 4.74. The highest BCUT2D eigenvalue weighted by Crippen LogP contribution is 2.35. The molecule has 0 saturated heterocycles. The number of halogens is 1. The van der Waals surface area contributed by atoms with Crippen molar-refractivity contribution in [3.8, 4) is 11.5 Å². The Balaban J connectivity index is 2.79. The summed E-state index contributed by atoms with van der Waals surface area (Å²) in [6.45, 7) is 5.54. The topological polar surface area (TPSA) is 49.0 Å². The van der Waals surface area contributed by atoms with Crippen molar-refractivity contribution in [1.29, 1.82) is 0 Å². The number of rotatable bonds is 9. The van der Waals surface area contributed by atoms with Crippen LogP contribution in [0.2, 0.25) is 5.02 Å². The minimum atomic E-state index is -0.309. The number of methoxy groups -OCH3 is 2. The van der Waals surface area contributed by atoms with Crippen molar-refractivity contribution in [2.75, 3.05) is 39.3 Å². The van der Waals surface area contributed by atoms with Gasteiger partial charge < -0.3 is 24.3 Å². The molecule has 1 N–H and O–H groups in total. The summed E-state index contributed by atoms with van der Waals surface area (Å²) in [4.78, 5) is 0. The van der Waals surface area contributed by atoms with Crippen LogP contribution in [0, 0.1) is 0 Å². The molecular formula is C14H22ClNO4. The number of benzene rings is 1. The van der Waals surface area contributed by atoms with E-state index in [1.807, 2.05) is 13.8 Å². The number of hydrogen-bond acceptors (Lipinski definition) is 5. The molecule has 20 heavy (non-hydrogen) atoms. The van der Waals surface area contributed by atoms with Gasteiger partial charge in [0, 0.05) is 25.3 Å². The summed E-state index contributed by atoms with van der Waals surface area (Å²) in [5.74, 6) is 1.22. The first kappa shape index (κ1) is 16.9. The molecule has 0 aromatic heterocycles. The molecular weight excluding hydrogens is 282 g/mol. The lowest BCUT2D eigenvalue weighted by molar-refractivity contribution is -0.126. The van der Waals surface area contributed by atoms with Crippen LogP contribution in [0.4, 0.5) is 5.69 Å². The minimum absolute atomic E-state index is 0.309. The van der Waals surface area contributed by atoms with E-state index in [9.17, 15) is 0 Å². The van der Waals surface area contributed by atoms with Crippen LogP contribution in [-0.2, 0) is 9.47 Å². The Bertz CT molecular complexity index is 408. The van der Waals surface area contributed by atoms with Crippen molar-refractivity contribution < 1.29 is 18.9 Å². The summed E-state index contributed by atoms with van der Waals surface area (Å²) in [5.41, 5.74) is 0.776. The van der Waals surface area contributed by atoms with Gasteiger partial charge in [0.2, 0.25) is 0 Å². The van der Waals surface area contributed by atoms with Gasteiger partial charge in [0.05, 0.1) is 31.5 Å². The van der Waals surface area contributed by atoms with Gasteiger partial charge >= 0.3 is 0 Å². The van der Waals surface area contributed by atoms with Crippen molar-refractivity contribution in [3.63, 3.8) is 0 Å². The fourth-order valence-corrected chi connectivity index (χ4v) is 1.96. The Hall–Kier alpha value is -1.17. The molecule has 0 aliphatic carbocycles. The molecule has 5 nitrogen and oxygen atoms in total. The Morgan fingerprint density at radius 1 is 1.05 bits per heavy atom. The monoisotopic (exact) mass is 303 g/mol. The second-order valence-corrected chi connectivity index (χ2v) is 4.32. The van der Waals surface area contributed by atoms with Crippen LogP contribution in [0.5, 0.6) is 11.5 Å². The predicted molar refractivity (Wildman–Crippen MR) is 80.1 cm³/mol. The smallest absolute Gasteiger partial charge is 0.174 e. The standard InChI is InChI=1S/C14H22ClNO4/c1-5-19-14(20-6-2)9-16-11-8-12(17-3)10(15)7-13(11)18-4/h7-8,14,16H,5-6,9H2,1-4H3. The van der Waals surface area contributed by atoms with Crippen molar-refractivity contribution in [1.82, 2.24) is 0 Å². The zero-order valence-electron chi connectivity index (χ0n) is 12.4. The maximum atomic E-state index is 6.06. The number of anilines is 1.